The summed E-state index contributed by atoms with van der Waals surface area (Å²) in [5, 5.41) is 0.871. The molecular formula is C15H18Br2F2. The van der Waals surface area contributed by atoms with Crippen molar-refractivity contribution in [2.75, 3.05) is 5.33 Å². The molecule has 0 heterocycles. The summed E-state index contributed by atoms with van der Waals surface area (Å²) in [4.78, 5) is 0. The van der Waals surface area contributed by atoms with Crippen molar-refractivity contribution in [1.82, 2.24) is 0 Å². The van der Waals surface area contributed by atoms with Gasteiger partial charge in [0.1, 0.15) is 0 Å². The Morgan fingerprint density at radius 1 is 1.32 bits per heavy atom. The van der Waals surface area contributed by atoms with Gasteiger partial charge in [0.2, 0.25) is 5.92 Å². The molecule has 0 amide bonds. The van der Waals surface area contributed by atoms with Gasteiger partial charge >= 0.3 is 0 Å². The van der Waals surface area contributed by atoms with Gasteiger partial charge in [0.25, 0.3) is 0 Å². The fourth-order valence-electron chi connectivity index (χ4n) is 2.89. The van der Waals surface area contributed by atoms with Crippen LogP contribution in [0.25, 0.3) is 0 Å². The second-order valence-electron chi connectivity index (χ2n) is 5.52. The second-order valence-corrected chi connectivity index (χ2v) is 7.02. The van der Waals surface area contributed by atoms with Crippen LogP contribution in [0.5, 0.6) is 0 Å². The smallest absolute Gasteiger partial charge is 0.207 e. The lowest BCUT2D eigenvalue weighted by Crippen LogP contribution is -2.14. The highest BCUT2D eigenvalue weighted by Gasteiger charge is 2.39. The minimum atomic E-state index is -2.42. The molecule has 1 aromatic carbocycles. The van der Waals surface area contributed by atoms with Crippen molar-refractivity contribution in [2.24, 2.45) is 11.8 Å². The number of benzene rings is 1. The van der Waals surface area contributed by atoms with Gasteiger partial charge in [-0.2, -0.15) is 0 Å². The standard InChI is InChI=1S/C15H18Br2F2/c16-10-12(7-11-5-6-15(18,19)9-11)8-13-3-1-2-4-14(13)17/h1-4,11-12H,5-10H2. The number of hydrogen-bond donors (Lipinski definition) is 0. The van der Waals surface area contributed by atoms with Crippen molar-refractivity contribution in [3.63, 3.8) is 0 Å². The maximum absolute atomic E-state index is 13.2. The Morgan fingerprint density at radius 2 is 2.05 bits per heavy atom. The predicted molar refractivity (Wildman–Crippen MR) is 82.0 cm³/mol. The van der Waals surface area contributed by atoms with E-state index in [1.54, 1.807) is 0 Å². The van der Waals surface area contributed by atoms with Gasteiger partial charge in [-0.15, -0.1) is 0 Å². The van der Waals surface area contributed by atoms with E-state index in [0.717, 1.165) is 22.6 Å². The normalized spacial score (nSPS) is 23.5. The van der Waals surface area contributed by atoms with Crippen LogP contribution < -0.4 is 0 Å². The minimum Gasteiger partial charge on any atom is -0.207 e. The van der Waals surface area contributed by atoms with E-state index < -0.39 is 5.92 Å². The molecule has 19 heavy (non-hydrogen) atoms. The summed E-state index contributed by atoms with van der Waals surface area (Å²) in [6.07, 6.45) is 2.65. The third-order valence-electron chi connectivity index (χ3n) is 3.86. The zero-order chi connectivity index (χ0) is 13.9. The molecule has 1 aliphatic rings. The first kappa shape index (κ1) is 15.4. The highest BCUT2D eigenvalue weighted by atomic mass is 79.9. The van der Waals surface area contributed by atoms with Gasteiger partial charge in [0.15, 0.2) is 0 Å². The zero-order valence-electron chi connectivity index (χ0n) is 10.7. The van der Waals surface area contributed by atoms with Crippen LogP contribution in [0, 0.1) is 11.8 Å². The zero-order valence-corrected chi connectivity index (χ0v) is 13.9. The van der Waals surface area contributed by atoms with Crippen LogP contribution in [-0.2, 0) is 6.42 Å². The molecule has 106 valence electrons. The molecule has 1 aliphatic carbocycles. The molecule has 4 heteroatoms. The molecule has 0 bridgehead atoms. The molecule has 1 fully saturated rings. The molecule has 1 aromatic rings. The van der Waals surface area contributed by atoms with Crippen LogP contribution >= 0.6 is 31.9 Å². The molecule has 0 N–H and O–H groups in total. The topological polar surface area (TPSA) is 0 Å². The van der Waals surface area contributed by atoms with Gasteiger partial charge in [0, 0.05) is 22.6 Å². The van der Waals surface area contributed by atoms with Crippen LogP contribution in [0.2, 0.25) is 0 Å². The first-order chi connectivity index (χ1) is 9.00. The van der Waals surface area contributed by atoms with Gasteiger partial charge in [0.05, 0.1) is 0 Å². The molecule has 0 aliphatic heterocycles. The lowest BCUT2D eigenvalue weighted by molar-refractivity contribution is 0.00419. The highest BCUT2D eigenvalue weighted by molar-refractivity contribution is 9.10. The van der Waals surface area contributed by atoms with Crippen LogP contribution in [0.3, 0.4) is 0 Å². The molecule has 0 aromatic heterocycles. The summed E-state index contributed by atoms with van der Waals surface area (Å²) >= 11 is 7.08. The average Bonchev–Trinajstić information content (AvgIpc) is 2.70. The van der Waals surface area contributed by atoms with Crippen molar-refractivity contribution >= 4 is 31.9 Å². The van der Waals surface area contributed by atoms with Gasteiger partial charge in [-0.05, 0) is 42.7 Å². The van der Waals surface area contributed by atoms with Crippen molar-refractivity contribution in [3.05, 3.63) is 34.3 Å². The lowest BCUT2D eigenvalue weighted by atomic mass is 9.90. The molecule has 1 saturated carbocycles. The van der Waals surface area contributed by atoms with Crippen LogP contribution in [0.1, 0.15) is 31.2 Å². The van der Waals surface area contributed by atoms with Gasteiger partial charge < -0.3 is 0 Å². The molecule has 0 nitrogen and oxygen atoms in total. The number of halogens is 4. The van der Waals surface area contributed by atoms with E-state index in [0.29, 0.717) is 12.3 Å². The van der Waals surface area contributed by atoms with E-state index in [1.165, 1.54) is 5.56 Å². The highest BCUT2D eigenvalue weighted by Crippen LogP contribution is 2.42. The quantitative estimate of drug-likeness (QED) is 0.550. The van der Waals surface area contributed by atoms with Crippen molar-refractivity contribution < 1.29 is 8.78 Å². The van der Waals surface area contributed by atoms with Crippen molar-refractivity contribution in [2.45, 2.75) is 38.0 Å². The molecule has 0 spiro atoms. The van der Waals surface area contributed by atoms with E-state index in [1.807, 2.05) is 18.2 Å². The Balaban J connectivity index is 1.93. The first-order valence-electron chi connectivity index (χ1n) is 6.67. The van der Waals surface area contributed by atoms with Gasteiger partial charge in [-0.25, -0.2) is 8.78 Å². The number of hydrogen-bond acceptors (Lipinski definition) is 0. The molecule has 2 atom stereocenters. The molecule has 2 rings (SSSR count). The van der Waals surface area contributed by atoms with Crippen molar-refractivity contribution in [1.29, 1.82) is 0 Å². The average molecular weight is 396 g/mol. The van der Waals surface area contributed by atoms with E-state index in [9.17, 15) is 8.78 Å². The Morgan fingerprint density at radius 3 is 2.63 bits per heavy atom. The fraction of sp³-hybridized carbons (Fsp3) is 0.600. The summed E-state index contributed by atoms with van der Waals surface area (Å²) in [6.45, 7) is 0. The largest absolute Gasteiger partial charge is 0.248 e. The van der Waals surface area contributed by atoms with E-state index in [-0.39, 0.29) is 18.8 Å². The fourth-order valence-corrected chi connectivity index (χ4v) is 3.83. The second kappa shape index (κ2) is 6.66. The maximum Gasteiger partial charge on any atom is 0.248 e. The monoisotopic (exact) mass is 394 g/mol. The van der Waals surface area contributed by atoms with Crippen LogP contribution in [0.15, 0.2) is 28.7 Å². The van der Waals surface area contributed by atoms with E-state index in [4.69, 9.17) is 0 Å². The Kier molecular flexibility index (Phi) is 5.41. The molecular weight excluding hydrogens is 378 g/mol. The van der Waals surface area contributed by atoms with E-state index in [2.05, 4.69) is 37.9 Å². The van der Waals surface area contributed by atoms with Crippen LogP contribution in [-0.4, -0.2) is 11.3 Å². The summed E-state index contributed by atoms with van der Waals surface area (Å²) in [7, 11) is 0. The predicted octanol–water partition coefficient (Wildman–Crippen LogP) is 5.83. The number of alkyl halides is 3. The Bertz CT molecular complexity index is 420. The minimum absolute atomic E-state index is 0.0711. The Hall–Kier alpha value is 0.0400. The summed E-state index contributed by atoms with van der Waals surface area (Å²) in [6, 6.07) is 8.15. The summed E-state index contributed by atoms with van der Waals surface area (Å²) in [5.74, 6) is -1.81. The van der Waals surface area contributed by atoms with Gasteiger partial charge in [-0.1, -0.05) is 50.1 Å². The Labute approximate surface area is 130 Å². The van der Waals surface area contributed by atoms with Crippen molar-refractivity contribution in [3.8, 4) is 0 Å². The maximum atomic E-state index is 13.2. The molecule has 0 saturated heterocycles. The SMILES string of the molecule is FC1(F)CCC(CC(CBr)Cc2ccccc2Br)C1. The lowest BCUT2D eigenvalue weighted by Gasteiger charge is -2.19. The number of rotatable bonds is 5. The molecule has 2 unspecified atom stereocenters. The van der Waals surface area contributed by atoms with Crippen LogP contribution in [0.4, 0.5) is 8.78 Å². The van der Waals surface area contributed by atoms with Gasteiger partial charge in [-0.3, -0.25) is 0 Å². The summed E-state index contributed by atoms with van der Waals surface area (Å²) in [5.41, 5.74) is 1.26. The first-order valence-corrected chi connectivity index (χ1v) is 8.59. The third kappa shape index (κ3) is 4.52. The van der Waals surface area contributed by atoms with E-state index >= 15 is 0 Å². The molecule has 0 radical (unpaired) electrons. The third-order valence-corrected chi connectivity index (χ3v) is 5.55. The summed E-state index contributed by atoms with van der Waals surface area (Å²) < 4.78 is 27.6.